The number of rotatable bonds is 5. The average molecular weight is 441 g/mol. The van der Waals surface area contributed by atoms with Crippen molar-refractivity contribution in [1.82, 2.24) is 14.7 Å². The number of hydrogen-bond donors (Lipinski definition) is 1. The number of nitrogens with zero attached hydrogens (tertiary/aromatic N) is 3. The number of carbonyl (C=O) groups is 2. The number of hydrogen-bond acceptors (Lipinski definition) is 4. The third-order valence-electron chi connectivity index (χ3n) is 6.28. The standard InChI is InChI=1S/C22H31F3N4O2/c1-16-7-9-29(10-8-16)21(31)17(2)28-13-11-27(12-14-28)15-20(30)26-19-6-4-3-5-18(19)22(23,24)25/h3-6,16-17H,7-15H2,1-2H3,(H,26,30). The van der Waals surface area contributed by atoms with Gasteiger partial charge in [0.15, 0.2) is 0 Å². The van der Waals surface area contributed by atoms with Crippen LogP contribution in [0.2, 0.25) is 0 Å². The molecule has 1 unspecified atom stereocenters. The molecule has 6 nitrogen and oxygen atoms in total. The fourth-order valence-corrected chi connectivity index (χ4v) is 4.19. The zero-order valence-electron chi connectivity index (χ0n) is 18.1. The van der Waals surface area contributed by atoms with Gasteiger partial charge in [-0.25, -0.2) is 0 Å². The topological polar surface area (TPSA) is 55.9 Å². The van der Waals surface area contributed by atoms with Crippen LogP contribution in [0.4, 0.5) is 18.9 Å². The molecule has 0 bridgehead atoms. The zero-order chi connectivity index (χ0) is 22.6. The van der Waals surface area contributed by atoms with Gasteiger partial charge in [-0.05, 0) is 37.8 Å². The van der Waals surface area contributed by atoms with Crippen molar-refractivity contribution >= 4 is 17.5 Å². The Hall–Kier alpha value is -2.13. The number of benzene rings is 1. The third kappa shape index (κ3) is 6.20. The van der Waals surface area contributed by atoms with Crippen molar-refractivity contribution in [2.75, 3.05) is 51.1 Å². The molecule has 0 radical (unpaired) electrons. The van der Waals surface area contributed by atoms with Crippen LogP contribution >= 0.6 is 0 Å². The monoisotopic (exact) mass is 440 g/mol. The number of anilines is 1. The second-order valence-electron chi connectivity index (χ2n) is 8.59. The smallest absolute Gasteiger partial charge is 0.341 e. The molecule has 1 N–H and O–H groups in total. The highest BCUT2D eigenvalue weighted by molar-refractivity contribution is 5.93. The van der Waals surface area contributed by atoms with E-state index in [1.807, 2.05) is 16.7 Å². The SMILES string of the molecule is CC1CCN(C(=O)C(C)N2CCN(CC(=O)Nc3ccccc3C(F)(F)F)CC2)CC1. The van der Waals surface area contributed by atoms with Gasteiger partial charge in [0.05, 0.1) is 23.8 Å². The lowest BCUT2D eigenvalue weighted by Crippen LogP contribution is -2.56. The number of para-hydroxylation sites is 1. The highest BCUT2D eigenvalue weighted by Crippen LogP contribution is 2.34. The summed E-state index contributed by atoms with van der Waals surface area (Å²) < 4.78 is 39.3. The van der Waals surface area contributed by atoms with Gasteiger partial charge in [-0.15, -0.1) is 0 Å². The summed E-state index contributed by atoms with van der Waals surface area (Å²) in [6.45, 7) is 8.23. The molecule has 31 heavy (non-hydrogen) atoms. The normalized spacial score (nSPS) is 20.5. The minimum absolute atomic E-state index is 0.0202. The first-order valence-corrected chi connectivity index (χ1v) is 10.9. The van der Waals surface area contributed by atoms with Crippen LogP contribution in [0, 0.1) is 5.92 Å². The second kappa shape index (κ2) is 9.99. The highest BCUT2D eigenvalue weighted by atomic mass is 19.4. The van der Waals surface area contributed by atoms with Crippen LogP contribution in [0.15, 0.2) is 24.3 Å². The maximum atomic E-state index is 13.1. The molecular weight excluding hydrogens is 409 g/mol. The Labute approximate surface area is 181 Å². The first-order valence-electron chi connectivity index (χ1n) is 10.9. The van der Waals surface area contributed by atoms with Crippen LogP contribution in [0.1, 0.15) is 32.3 Å². The molecular formula is C22H31F3N4O2. The molecule has 2 heterocycles. The molecule has 2 saturated heterocycles. The minimum Gasteiger partial charge on any atom is -0.341 e. The van der Waals surface area contributed by atoms with Crippen molar-refractivity contribution in [2.45, 2.75) is 38.9 Å². The summed E-state index contributed by atoms with van der Waals surface area (Å²) in [5.74, 6) is 0.343. The van der Waals surface area contributed by atoms with Crippen molar-refractivity contribution in [3.8, 4) is 0 Å². The van der Waals surface area contributed by atoms with E-state index >= 15 is 0 Å². The molecule has 2 fully saturated rings. The number of amides is 2. The lowest BCUT2D eigenvalue weighted by molar-refractivity contribution is -0.139. The number of piperazine rings is 1. The minimum atomic E-state index is -4.52. The first-order chi connectivity index (χ1) is 14.6. The predicted molar refractivity (Wildman–Crippen MR) is 113 cm³/mol. The number of nitrogens with one attached hydrogen (secondary N) is 1. The molecule has 9 heteroatoms. The lowest BCUT2D eigenvalue weighted by Gasteiger charge is -2.40. The van der Waals surface area contributed by atoms with Crippen LogP contribution in [0.3, 0.4) is 0 Å². The van der Waals surface area contributed by atoms with Gasteiger partial charge >= 0.3 is 6.18 Å². The summed E-state index contributed by atoms with van der Waals surface area (Å²) >= 11 is 0. The van der Waals surface area contributed by atoms with Crippen molar-refractivity contribution in [1.29, 1.82) is 0 Å². The third-order valence-corrected chi connectivity index (χ3v) is 6.28. The summed E-state index contributed by atoms with van der Waals surface area (Å²) in [4.78, 5) is 31.1. The first kappa shape index (κ1) is 23.5. The maximum Gasteiger partial charge on any atom is 0.418 e. The molecule has 172 valence electrons. The second-order valence-corrected chi connectivity index (χ2v) is 8.59. The molecule has 0 aliphatic carbocycles. The molecule has 2 aliphatic rings. The van der Waals surface area contributed by atoms with Gasteiger partial charge < -0.3 is 10.2 Å². The highest BCUT2D eigenvalue weighted by Gasteiger charge is 2.34. The van der Waals surface area contributed by atoms with Gasteiger partial charge in [0, 0.05) is 39.3 Å². The zero-order valence-corrected chi connectivity index (χ0v) is 18.1. The van der Waals surface area contributed by atoms with Crippen LogP contribution in [-0.2, 0) is 15.8 Å². The Kier molecular flexibility index (Phi) is 7.59. The maximum absolute atomic E-state index is 13.1. The summed E-state index contributed by atoms with van der Waals surface area (Å²) in [7, 11) is 0. The van der Waals surface area contributed by atoms with Gasteiger partial charge in [0.25, 0.3) is 0 Å². The number of carbonyl (C=O) groups excluding carboxylic acids is 2. The van der Waals surface area contributed by atoms with Gasteiger partial charge in [-0.3, -0.25) is 19.4 Å². The van der Waals surface area contributed by atoms with Crippen LogP contribution in [0.5, 0.6) is 0 Å². The van der Waals surface area contributed by atoms with E-state index in [2.05, 4.69) is 17.1 Å². The molecule has 1 atom stereocenters. The van der Waals surface area contributed by atoms with Gasteiger partial charge in [0.1, 0.15) is 0 Å². The van der Waals surface area contributed by atoms with E-state index < -0.39 is 17.6 Å². The van der Waals surface area contributed by atoms with Crippen LogP contribution < -0.4 is 5.32 Å². The van der Waals surface area contributed by atoms with Gasteiger partial charge in [0.2, 0.25) is 11.8 Å². The van der Waals surface area contributed by atoms with Crippen LogP contribution in [0.25, 0.3) is 0 Å². The van der Waals surface area contributed by atoms with E-state index in [0.717, 1.165) is 32.0 Å². The number of alkyl halides is 3. The summed E-state index contributed by atoms with van der Waals surface area (Å²) in [5, 5.41) is 2.39. The van der Waals surface area contributed by atoms with Crippen molar-refractivity contribution in [2.24, 2.45) is 5.92 Å². The molecule has 0 aromatic heterocycles. The Balaban J connectivity index is 1.47. The van der Waals surface area contributed by atoms with Gasteiger partial charge in [-0.1, -0.05) is 19.1 Å². The molecule has 2 aliphatic heterocycles. The Bertz CT molecular complexity index is 770. The summed E-state index contributed by atoms with van der Waals surface area (Å²) in [6.07, 6.45) is -2.44. The molecule has 0 saturated carbocycles. The van der Waals surface area contributed by atoms with Crippen LogP contribution in [-0.4, -0.2) is 78.4 Å². The molecule has 2 amide bonds. The van der Waals surface area contributed by atoms with Crippen molar-refractivity contribution < 1.29 is 22.8 Å². The summed E-state index contributed by atoms with van der Waals surface area (Å²) in [5.41, 5.74) is -1.08. The molecule has 0 spiro atoms. The van der Waals surface area contributed by atoms with Crippen molar-refractivity contribution in [3.05, 3.63) is 29.8 Å². The van der Waals surface area contributed by atoms with E-state index in [1.54, 1.807) is 0 Å². The fraction of sp³-hybridized carbons (Fsp3) is 0.636. The Morgan fingerprint density at radius 1 is 1.06 bits per heavy atom. The van der Waals surface area contributed by atoms with Gasteiger partial charge in [-0.2, -0.15) is 13.2 Å². The van der Waals surface area contributed by atoms with Crippen molar-refractivity contribution in [3.63, 3.8) is 0 Å². The molecule has 1 aromatic rings. The number of likely N-dealkylation sites (tertiary alicyclic amines) is 1. The van der Waals surface area contributed by atoms with E-state index in [4.69, 9.17) is 0 Å². The van der Waals surface area contributed by atoms with E-state index in [9.17, 15) is 22.8 Å². The average Bonchev–Trinajstić information content (AvgIpc) is 2.73. The largest absolute Gasteiger partial charge is 0.418 e. The number of halogens is 3. The molecule has 1 aromatic carbocycles. The van der Waals surface area contributed by atoms with E-state index in [-0.39, 0.29) is 24.2 Å². The lowest BCUT2D eigenvalue weighted by atomic mass is 9.98. The predicted octanol–water partition coefficient (Wildman–Crippen LogP) is 2.91. The van der Waals surface area contributed by atoms with E-state index in [1.165, 1.54) is 18.2 Å². The Morgan fingerprint density at radius 3 is 2.29 bits per heavy atom. The number of piperidine rings is 1. The molecule has 3 rings (SSSR count). The fourth-order valence-electron chi connectivity index (χ4n) is 4.19. The Morgan fingerprint density at radius 2 is 1.68 bits per heavy atom. The quantitative estimate of drug-likeness (QED) is 0.765. The van der Waals surface area contributed by atoms with E-state index in [0.29, 0.717) is 32.1 Å². The summed E-state index contributed by atoms with van der Waals surface area (Å²) in [6, 6.07) is 4.77.